The van der Waals surface area contributed by atoms with E-state index in [9.17, 15) is 13.2 Å². The molecule has 0 bridgehead atoms. The van der Waals surface area contributed by atoms with Crippen molar-refractivity contribution in [3.8, 4) is 11.6 Å². The number of piperazine rings is 1. The number of rotatable bonds is 3. The maximum atomic E-state index is 12.5. The van der Waals surface area contributed by atoms with E-state index in [-0.39, 0.29) is 5.95 Å². The molecule has 1 fully saturated rings. The largest absolute Gasteiger partial charge is 0.461 e. The Kier molecular flexibility index (Phi) is 3.94. The summed E-state index contributed by atoms with van der Waals surface area (Å²) in [5.41, 5.74) is 6.47. The highest BCUT2D eigenvalue weighted by molar-refractivity contribution is 5.59. The normalized spacial score (nSPS) is 16.5. The Morgan fingerprint density at radius 1 is 1.15 bits per heavy atom. The van der Waals surface area contributed by atoms with Gasteiger partial charge in [-0.15, -0.1) is 5.10 Å². The number of alkyl halides is 3. The van der Waals surface area contributed by atoms with E-state index in [1.165, 1.54) is 15.7 Å². The summed E-state index contributed by atoms with van der Waals surface area (Å²) >= 11 is 0. The van der Waals surface area contributed by atoms with Crippen LogP contribution in [0.4, 0.5) is 24.9 Å². The molecule has 8 nitrogen and oxygen atoms in total. The average Bonchev–Trinajstić information content (AvgIpc) is 3.23. The summed E-state index contributed by atoms with van der Waals surface area (Å²) in [5, 5.41) is 4.27. The van der Waals surface area contributed by atoms with Crippen LogP contribution in [0, 0.1) is 0 Å². The standard InChI is InChI=1S/C15H16F3N7O/c16-15(17,18)9-23-3-5-24(6-4-23)11-8-12-20-13(10-2-1-7-26-10)22-25(12)14(19)21-11/h1-2,7-8H,3-6,9H2,(H2,19,21). The van der Waals surface area contributed by atoms with Crippen molar-refractivity contribution in [2.75, 3.05) is 43.4 Å². The van der Waals surface area contributed by atoms with Crippen LogP contribution in [0.25, 0.3) is 17.2 Å². The van der Waals surface area contributed by atoms with E-state index in [4.69, 9.17) is 10.2 Å². The van der Waals surface area contributed by atoms with E-state index < -0.39 is 12.7 Å². The Hall–Kier alpha value is -2.82. The number of furan rings is 1. The molecule has 0 amide bonds. The zero-order chi connectivity index (χ0) is 18.3. The van der Waals surface area contributed by atoms with Gasteiger partial charge in [0.1, 0.15) is 5.82 Å². The van der Waals surface area contributed by atoms with Crippen molar-refractivity contribution in [1.82, 2.24) is 24.5 Å². The van der Waals surface area contributed by atoms with Crippen LogP contribution in [0.15, 0.2) is 28.9 Å². The van der Waals surface area contributed by atoms with Crippen molar-refractivity contribution in [1.29, 1.82) is 0 Å². The smallest absolute Gasteiger partial charge is 0.401 e. The highest BCUT2D eigenvalue weighted by atomic mass is 19.4. The van der Waals surface area contributed by atoms with Crippen molar-refractivity contribution >= 4 is 17.4 Å². The third-order valence-corrected chi connectivity index (χ3v) is 4.18. The third kappa shape index (κ3) is 3.29. The highest BCUT2D eigenvalue weighted by Crippen LogP contribution is 2.23. The minimum Gasteiger partial charge on any atom is -0.461 e. The van der Waals surface area contributed by atoms with E-state index in [0.29, 0.717) is 49.2 Å². The van der Waals surface area contributed by atoms with Gasteiger partial charge >= 0.3 is 6.18 Å². The Labute approximate surface area is 146 Å². The van der Waals surface area contributed by atoms with Crippen molar-refractivity contribution in [3.05, 3.63) is 24.5 Å². The van der Waals surface area contributed by atoms with Crippen LogP contribution in [0.3, 0.4) is 0 Å². The van der Waals surface area contributed by atoms with E-state index in [0.717, 1.165) is 0 Å². The topological polar surface area (TPSA) is 88.7 Å². The molecule has 0 unspecified atom stereocenters. The fourth-order valence-electron chi connectivity index (χ4n) is 2.96. The number of hydrogen-bond donors (Lipinski definition) is 1. The number of nitrogen functional groups attached to an aromatic ring is 1. The number of anilines is 2. The molecule has 138 valence electrons. The van der Waals surface area contributed by atoms with Crippen molar-refractivity contribution in [2.45, 2.75) is 6.18 Å². The molecular formula is C15H16F3N7O. The molecule has 0 aliphatic carbocycles. The van der Waals surface area contributed by atoms with Gasteiger partial charge in [-0.25, -0.2) is 4.98 Å². The minimum absolute atomic E-state index is 0.153. The van der Waals surface area contributed by atoms with Gasteiger partial charge in [-0.05, 0) is 12.1 Å². The first-order valence-electron chi connectivity index (χ1n) is 8.00. The van der Waals surface area contributed by atoms with Gasteiger partial charge in [0.05, 0.1) is 12.8 Å². The number of nitrogens with two attached hydrogens (primary N) is 1. The summed E-state index contributed by atoms with van der Waals surface area (Å²) in [6.07, 6.45) is -2.66. The predicted octanol–water partition coefficient (Wildman–Crippen LogP) is 1.65. The second kappa shape index (κ2) is 6.16. The van der Waals surface area contributed by atoms with Gasteiger partial charge in [0.15, 0.2) is 11.4 Å². The van der Waals surface area contributed by atoms with Gasteiger partial charge in [-0.1, -0.05) is 0 Å². The molecule has 0 radical (unpaired) electrons. The van der Waals surface area contributed by atoms with E-state index in [2.05, 4.69) is 15.1 Å². The van der Waals surface area contributed by atoms with E-state index in [1.54, 1.807) is 18.2 Å². The zero-order valence-electron chi connectivity index (χ0n) is 13.6. The summed E-state index contributed by atoms with van der Waals surface area (Å²) in [7, 11) is 0. The molecule has 1 saturated heterocycles. The van der Waals surface area contributed by atoms with Crippen LogP contribution in [0.2, 0.25) is 0 Å². The maximum absolute atomic E-state index is 12.5. The SMILES string of the molecule is Nc1nc(N2CCN(CC(F)(F)F)CC2)cc2nc(-c3ccco3)nn12. The van der Waals surface area contributed by atoms with Gasteiger partial charge in [0, 0.05) is 32.2 Å². The number of aromatic nitrogens is 4. The first-order valence-corrected chi connectivity index (χ1v) is 8.00. The molecular weight excluding hydrogens is 351 g/mol. The Balaban J connectivity index is 1.54. The van der Waals surface area contributed by atoms with Gasteiger partial charge in [0.2, 0.25) is 11.8 Å². The third-order valence-electron chi connectivity index (χ3n) is 4.18. The molecule has 0 aromatic carbocycles. The van der Waals surface area contributed by atoms with Crippen LogP contribution in [-0.4, -0.2) is 63.4 Å². The molecule has 0 atom stereocenters. The van der Waals surface area contributed by atoms with E-state index >= 15 is 0 Å². The molecule has 3 aromatic rings. The Bertz CT molecular complexity index is 898. The van der Waals surface area contributed by atoms with Gasteiger partial charge in [-0.3, -0.25) is 4.90 Å². The number of halogens is 3. The molecule has 4 rings (SSSR count). The summed E-state index contributed by atoms with van der Waals surface area (Å²) in [5.74, 6) is 1.62. The number of nitrogens with zero attached hydrogens (tertiary/aromatic N) is 6. The molecule has 1 aliphatic rings. The summed E-state index contributed by atoms with van der Waals surface area (Å²) in [6.45, 7) is 0.565. The zero-order valence-corrected chi connectivity index (χ0v) is 13.6. The fraction of sp³-hybridized carbons (Fsp3) is 0.400. The van der Waals surface area contributed by atoms with Crippen LogP contribution < -0.4 is 10.6 Å². The van der Waals surface area contributed by atoms with Gasteiger partial charge in [0.25, 0.3) is 0 Å². The molecule has 1 aliphatic heterocycles. The van der Waals surface area contributed by atoms with Crippen LogP contribution in [0.5, 0.6) is 0 Å². The summed E-state index contributed by atoms with van der Waals surface area (Å²) in [4.78, 5) is 12.0. The molecule has 2 N–H and O–H groups in total. The first-order chi connectivity index (χ1) is 12.4. The van der Waals surface area contributed by atoms with Crippen LogP contribution in [-0.2, 0) is 0 Å². The quantitative estimate of drug-likeness (QED) is 0.753. The monoisotopic (exact) mass is 367 g/mol. The van der Waals surface area contributed by atoms with Crippen molar-refractivity contribution in [3.63, 3.8) is 0 Å². The second-order valence-corrected chi connectivity index (χ2v) is 6.03. The van der Waals surface area contributed by atoms with Crippen LogP contribution in [0.1, 0.15) is 0 Å². The second-order valence-electron chi connectivity index (χ2n) is 6.03. The fourth-order valence-corrected chi connectivity index (χ4v) is 2.96. The van der Waals surface area contributed by atoms with Crippen molar-refractivity contribution < 1.29 is 17.6 Å². The highest BCUT2D eigenvalue weighted by Gasteiger charge is 2.32. The first kappa shape index (κ1) is 16.6. The minimum atomic E-state index is -4.19. The lowest BCUT2D eigenvalue weighted by molar-refractivity contribution is -0.146. The van der Waals surface area contributed by atoms with Crippen molar-refractivity contribution in [2.24, 2.45) is 0 Å². The lowest BCUT2D eigenvalue weighted by atomic mass is 10.3. The summed E-state index contributed by atoms with van der Waals surface area (Å²) < 4.78 is 44.2. The van der Waals surface area contributed by atoms with Crippen LogP contribution >= 0.6 is 0 Å². The molecule has 3 aromatic heterocycles. The lowest BCUT2D eigenvalue weighted by Crippen LogP contribution is -2.49. The number of hydrogen-bond acceptors (Lipinski definition) is 7. The lowest BCUT2D eigenvalue weighted by Gasteiger charge is -2.35. The van der Waals surface area contributed by atoms with Gasteiger partial charge in [-0.2, -0.15) is 22.7 Å². The Morgan fingerprint density at radius 3 is 2.58 bits per heavy atom. The number of fused-ring (bicyclic) bond motifs is 1. The molecule has 4 heterocycles. The van der Waals surface area contributed by atoms with E-state index in [1.807, 2.05) is 4.90 Å². The molecule has 26 heavy (non-hydrogen) atoms. The van der Waals surface area contributed by atoms with Gasteiger partial charge < -0.3 is 15.1 Å². The average molecular weight is 367 g/mol. The Morgan fingerprint density at radius 2 is 1.92 bits per heavy atom. The summed E-state index contributed by atoms with van der Waals surface area (Å²) in [6, 6.07) is 5.18. The molecule has 0 saturated carbocycles. The maximum Gasteiger partial charge on any atom is 0.401 e. The molecule has 11 heteroatoms. The molecule has 0 spiro atoms. The predicted molar refractivity (Wildman–Crippen MR) is 87.6 cm³/mol.